The van der Waals surface area contributed by atoms with Crippen molar-refractivity contribution in [3.05, 3.63) is 35.4 Å². The van der Waals surface area contributed by atoms with Crippen LogP contribution in [0.25, 0.3) is 0 Å². The number of aryl methyl sites for hydroxylation is 1. The van der Waals surface area contributed by atoms with Gasteiger partial charge in [-0.15, -0.1) is 0 Å². The van der Waals surface area contributed by atoms with E-state index in [1.807, 2.05) is 6.92 Å². The molecule has 0 heterocycles. The van der Waals surface area contributed by atoms with E-state index in [1.54, 1.807) is 11.8 Å². The molecule has 0 bridgehead atoms. The molecule has 2 unspecified atom stereocenters. The van der Waals surface area contributed by atoms with Crippen molar-refractivity contribution in [3.63, 3.8) is 0 Å². The highest BCUT2D eigenvalue weighted by Gasteiger charge is 2.19. The van der Waals surface area contributed by atoms with Gasteiger partial charge in [0.1, 0.15) is 0 Å². The fraction of sp³-hybridized carbons (Fsp3) is 0.462. The lowest BCUT2D eigenvalue weighted by Crippen LogP contribution is -2.38. The van der Waals surface area contributed by atoms with Crippen LogP contribution in [0.15, 0.2) is 24.3 Å². The molecule has 1 aromatic carbocycles. The molecule has 17 heavy (non-hydrogen) atoms. The molecule has 0 radical (unpaired) electrons. The van der Waals surface area contributed by atoms with Gasteiger partial charge in [0.2, 0.25) is 5.91 Å². The fourth-order valence-corrected chi connectivity index (χ4v) is 2.57. The molecule has 3 N–H and O–H groups in total. The van der Waals surface area contributed by atoms with Crippen LogP contribution in [0.1, 0.15) is 25.0 Å². The fourth-order valence-electron chi connectivity index (χ4n) is 1.52. The molecule has 0 aliphatic carbocycles. The normalized spacial score (nSPS) is 14.1. The van der Waals surface area contributed by atoms with Crippen LogP contribution < -0.4 is 11.3 Å². The third kappa shape index (κ3) is 4.40. The maximum absolute atomic E-state index is 11.4. The molecule has 1 amide bonds. The molecule has 4 heteroatoms. The zero-order valence-corrected chi connectivity index (χ0v) is 11.4. The predicted octanol–water partition coefficient (Wildman–Crippen LogP) is 2.24. The van der Waals surface area contributed by atoms with Crippen molar-refractivity contribution in [1.29, 1.82) is 0 Å². The number of rotatable bonds is 5. The Morgan fingerprint density at radius 1 is 1.47 bits per heavy atom. The van der Waals surface area contributed by atoms with Gasteiger partial charge in [0.15, 0.2) is 0 Å². The molecule has 3 nitrogen and oxygen atoms in total. The SMILES string of the molecule is Cc1cccc(CSC(C)C(C)C(=O)NN)c1. The topological polar surface area (TPSA) is 55.1 Å². The maximum atomic E-state index is 11.4. The summed E-state index contributed by atoms with van der Waals surface area (Å²) in [5.74, 6) is 5.87. The Balaban J connectivity index is 2.48. The van der Waals surface area contributed by atoms with Crippen LogP contribution in [0.5, 0.6) is 0 Å². The Hall–Kier alpha value is -1.00. The standard InChI is InChI=1S/C13H20N2OS/c1-9-5-4-6-12(7-9)8-17-11(3)10(2)13(16)15-14/h4-7,10-11H,8,14H2,1-3H3,(H,15,16). The summed E-state index contributed by atoms with van der Waals surface area (Å²) in [5.41, 5.74) is 4.76. The second kappa shape index (κ2) is 6.67. The van der Waals surface area contributed by atoms with Crippen molar-refractivity contribution in [2.24, 2.45) is 11.8 Å². The van der Waals surface area contributed by atoms with Crippen molar-refractivity contribution in [3.8, 4) is 0 Å². The lowest BCUT2D eigenvalue weighted by Gasteiger charge is -2.17. The van der Waals surface area contributed by atoms with Gasteiger partial charge in [0, 0.05) is 16.9 Å². The van der Waals surface area contributed by atoms with Gasteiger partial charge in [0.25, 0.3) is 0 Å². The molecule has 1 rings (SSSR count). The summed E-state index contributed by atoms with van der Waals surface area (Å²) in [5, 5.41) is 0.249. The van der Waals surface area contributed by atoms with E-state index in [-0.39, 0.29) is 17.1 Å². The van der Waals surface area contributed by atoms with Crippen molar-refractivity contribution >= 4 is 17.7 Å². The molecular formula is C13H20N2OS. The van der Waals surface area contributed by atoms with E-state index in [1.165, 1.54) is 11.1 Å². The Labute approximate surface area is 107 Å². The second-order valence-corrected chi connectivity index (χ2v) is 5.67. The average molecular weight is 252 g/mol. The summed E-state index contributed by atoms with van der Waals surface area (Å²) < 4.78 is 0. The Kier molecular flexibility index (Phi) is 5.51. The molecule has 0 saturated heterocycles. The highest BCUT2D eigenvalue weighted by molar-refractivity contribution is 7.99. The van der Waals surface area contributed by atoms with Crippen LogP contribution in [-0.4, -0.2) is 11.2 Å². The second-order valence-electron chi connectivity index (χ2n) is 4.30. The summed E-state index contributed by atoms with van der Waals surface area (Å²) in [6.07, 6.45) is 0. The van der Waals surface area contributed by atoms with Crippen LogP contribution in [0, 0.1) is 12.8 Å². The third-order valence-corrected chi connectivity index (χ3v) is 4.29. The zero-order chi connectivity index (χ0) is 12.8. The lowest BCUT2D eigenvalue weighted by molar-refractivity contribution is -0.124. The average Bonchev–Trinajstić information content (AvgIpc) is 2.34. The molecule has 0 aromatic heterocycles. The Morgan fingerprint density at radius 3 is 2.76 bits per heavy atom. The first-order valence-electron chi connectivity index (χ1n) is 5.72. The van der Waals surface area contributed by atoms with E-state index in [4.69, 9.17) is 5.84 Å². The molecule has 2 atom stereocenters. The first kappa shape index (κ1) is 14.1. The van der Waals surface area contributed by atoms with E-state index < -0.39 is 0 Å². The Bertz CT molecular complexity index is 381. The quantitative estimate of drug-likeness (QED) is 0.480. The summed E-state index contributed by atoms with van der Waals surface area (Å²) in [6.45, 7) is 6.04. The number of thioether (sulfide) groups is 1. The van der Waals surface area contributed by atoms with Crippen LogP contribution in [0.4, 0.5) is 0 Å². The van der Waals surface area contributed by atoms with Crippen molar-refractivity contribution in [2.75, 3.05) is 0 Å². The van der Waals surface area contributed by atoms with Crippen LogP contribution >= 0.6 is 11.8 Å². The number of nitrogens with one attached hydrogen (secondary N) is 1. The number of hydrogen-bond donors (Lipinski definition) is 2. The first-order chi connectivity index (χ1) is 8.04. The summed E-state index contributed by atoms with van der Waals surface area (Å²) in [6, 6.07) is 8.43. The minimum Gasteiger partial charge on any atom is -0.294 e. The van der Waals surface area contributed by atoms with Gasteiger partial charge in [-0.05, 0) is 12.5 Å². The number of benzene rings is 1. The largest absolute Gasteiger partial charge is 0.294 e. The lowest BCUT2D eigenvalue weighted by atomic mass is 10.1. The number of hydrazine groups is 1. The van der Waals surface area contributed by atoms with E-state index >= 15 is 0 Å². The van der Waals surface area contributed by atoms with Crippen LogP contribution in [0.2, 0.25) is 0 Å². The molecular weight excluding hydrogens is 232 g/mol. The molecule has 0 aliphatic heterocycles. The van der Waals surface area contributed by atoms with Gasteiger partial charge in [-0.3, -0.25) is 10.2 Å². The smallest absolute Gasteiger partial charge is 0.237 e. The molecule has 0 saturated carbocycles. The summed E-state index contributed by atoms with van der Waals surface area (Å²) in [4.78, 5) is 11.4. The van der Waals surface area contributed by atoms with Gasteiger partial charge in [-0.1, -0.05) is 43.7 Å². The van der Waals surface area contributed by atoms with Crippen molar-refractivity contribution < 1.29 is 4.79 Å². The maximum Gasteiger partial charge on any atom is 0.237 e. The van der Waals surface area contributed by atoms with E-state index in [2.05, 4.69) is 43.5 Å². The van der Waals surface area contributed by atoms with Gasteiger partial charge < -0.3 is 0 Å². The zero-order valence-electron chi connectivity index (χ0n) is 10.6. The van der Waals surface area contributed by atoms with Gasteiger partial charge in [-0.25, -0.2) is 5.84 Å². The molecule has 0 spiro atoms. The number of carbonyl (C=O) groups excluding carboxylic acids is 1. The summed E-state index contributed by atoms with van der Waals surface area (Å²) >= 11 is 1.77. The minimum atomic E-state index is -0.103. The minimum absolute atomic E-state index is 0.0743. The molecule has 0 aliphatic rings. The van der Waals surface area contributed by atoms with Crippen molar-refractivity contribution in [1.82, 2.24) is 5.43 Å². The van der Waals surface area contributed by atoms with Gasteiger partial charge in [-0.2, -0.15) is 11.8 Å². The monoisotopic (exact) mass is 252 g/mol. The number of amides is 1. The van der Waals surface area contributed by atoms with Crippen LogP contribution in [0.3, 0.4) is 0 Å². The number of hydrogen-bond acceptors (Lipinski definition) is 3. The van der Waals surface area contributed by atoms with Gasteiger partial charge >= 0.3 is 0 Å². The number of carbonyl (C=O) groups is 1. The molecule has 0 fully saturated rings. The van der Waals surface area contributed by atoms with Crippen LogP contribution in [-0.2, 0) is 10.5 Å². The first-order valence-corrected chi connectivity index (χ1v) is 6.77. The summed E-state index contributed by atoms with van der Waals surface area (Å²) in [7, 11) is 0. The number of nitrogens with two attached hydrogens (primary N) is 1. The van der Waals surface area contributed by atoms with Gasteiger partial charge in [0.05, 0.1) is 0 Å². The highest BCUT2D eigenvalue weighted by Crippen LogP contribution is 2.23. The van der Waals surface area contributed by atoms with E-state index in [0.29, 0.717) is 0 Å². The van der Waals surface area contributed by atoms with Crippen molar-refractivity contribution in [2.45, 2.75) is 31.8 Å². The molecule has 1 aromatic rings. The van der Waals surface area contributed by atoms with E-state index in [9.17, 15) is 4.79 Å². The predicted molar refractivity (Wildman–Crippen MR) is 73.4 cm³/mol. The Morgan fingerprint density at radius 2 is 2.18 bits per heavy atom. The molecule has 94 valence electrons. The third-order valence-electron chi connectivity index (χ3n) is 2.86. The van der Waals surface area contributed by atoms with E-state index in [0.717, 1.165) is 5.75 Å². The highest BCUT2D eigenvalue weighted by atomic mass is 32.2.